The molecule has 1 saturated heterocycles. The van der Waals surface area contributed by atoms with Gasteiger partial charge in [0, 0.05) is 19.1 Å². The molecule has 4 nitrogen and oxygen atoms in total. The molecule has 1 aliphatic carbocycles. The molecule has 1 aliphatic heterocycles. The van der Waals surface area contributed by atoms with Crippen LogP contribution in [0.1, 0.15) is 35.7 Å². The van der Waals surface area contributed by atoms with Gasteiger partial charge in [-0.2, -0.15) is 0 Å². The first kappa shape index (κ1) is 14.5. The number of aryl methyl sites for hydroxylation is 2. The Morgan fingerprint density at radius 1 is 1.33 bits per heavy atom. The number of nitrogens with one attached hydrogen (secondary N) is 1. The summed E-state index contributed by atoms with van der Waals surface area (Å²) in [4.78, 5) is 16.6. The number of hydrogen-bond acceptors (Lipinski definition) is 3. The summed E-state index contributed by atoms with van der Waals surface area (Å²) in [5.74, 6) is 0.212. The number of nitrogens with zero attached hydrogens (tertiary/aromatic N) is 2. The zero-order chi connectivity index (χ0) is 15.0. The van der Waals surface area contributed by atoms with Crippen molar-refractivity contribution in [2.45, 2.75) is 38.9 Å². The highest BCUT2D eigenvalue weighted by Gasteiger charge is 2.33. The van der Waals surface area contributed by atoms with Gasteiger partial charge >= 0.3 is 0 Å². The van der Waals surface area contributed by atoms with Crippen LogP contribution in [-0.2, 0) is 4.79 Å². The van der Waals surface area contributed by atoms with E-state index in [9.17, 15) is 4.79 Å². The highest BCUT2D eigenvalue weighted by atomic mass is 16.2. The van der Waals surface area contributed by atoms with Crippen molar-refractivity contribution in [3.05, 3.63) is 34.9 Å². The summed E-state index contributed by atoms with van der Waals surface area (Å²) in [7, 11) is 2.16. The Labute approximate surface area is 127 Å². The second-order valence-electron chi connectivity index (χ2n) is 6.44. The molecule has 1 saturated carbocycles. The summed E-state index contributed by atoms with van der Waals surface area (Å²) in [5.41, 5.74) is 3.74. The van der Waals surface area contributed by atoms with E-state index in [2.05, 4.69) is 49.3 Å². The molecular formula is C17H25N3O. The van der Waals surface area contributed by atoms with Crippen LogP contribution in [0.5, 0.6) is 0 Å². The van der Waals surface area contributed by atoms with Crippen LogP contribution >= 0.6 is 0 Å². The maximum atomic E-state index is 12.2. The molecule has 1 aromatic carbocycles. The SMILES string of the molecule is Cc1ccc(C2NCC(=O)N2CCN(C)C2CC2)c(C)c1. The summed E-state index contributed by atoms with van der Waals surface area (Å²) in [6.07, 6.45) is 2.65. The molecule has 21 heavy (non-hydrogen) atoms. The lowest BCUT2D eigenvalue weighted by atomic mass is 10.0. The van der Waals surface area contributed by atoms with Gasteiger partial charge in [-0.3, -0.25) is 10.1 Å². The topological polar surface area (TPSA) is 35.6 Å². The Kier molecular flexibility index (Phi) is 4.00. The van der Waals surface area contributed by atoms with Gasteiger partial charge in [-0.15, -0.1) is 0 Å². The summed E-state index contributed by atoms with van der Waals surface area (Å²) >= 11 is 0. The molecule has 1 amide bonds. The Morgan fingerprint density at radius 3 is 2.76 bits per heavy atom. The smallest absolute Gasteiger partial charge is 0.238 e. The number of benzene rings is 1. The molecule has 1 N–H and O–H groups in total. The van der Waals surface area contributed by atoms with Crippen molar-refractivity contribution in [3.8, 4) is 0 Å². The number of hydrogen-bond donors (Lipinski definition) is 1. The standard InChI is InChI=1S/C17H25N3O/c1-12-4-7-15(13(2)10-12)17-18-11-16(21)20(17)9-8-19(3)14-5-6-14/h4,7,10,14,17-18H,5-6,8-9,11H2,1-3H3. The van der Waals surface area contributed by atoms with Gasteiger partial charge in [-0.25, -0.2) is 0 Å². The van der Waals surface area contributed by atoms with Crippen LogP contribution in [0.2, 0.25) is 0 Å². The molecule has 2 aliphatic rings. The molecular weight excluding hydrogens is 262 g/mol. The van der Waals surface area contributed by atoms with Crippen LogP contribution in [-0.4, -0.2) is 48.4 Å². The van der Waals surface area contributed by atoms with Gasteiger partial charge in [0.1, 0.15) is 6.17 Å². The van der Waals surface area contributed by atoms with E-state index in [1.54, 1.807) is 0 Å². The maximum absolute atomic E-state index is 12.2. The summed E-state index contributed by atoms with van der Waals surface area (Å²) in [5, 5.41) is 3.36. The van der Waals surface area contributed by atoms with E-state index in [-0.39, 0.29) is 12.1 Å². The van der Waals surface area contributed by atoms with Gasteiger partial charge in [-0.05, 0) is 44.9 Å². The summed E-state index contributed by atoms with van der Waals surface area (Å²) < 4.78 is 0. The van der Waals surface area contributed by atoms with Crippen LogP contribution < -0.4 is 5.32 Å². The second-order valence-corrected chi connectivity index (χ2v) is 6.44. The average Bonchev–Trinajstić information content (AvgIpc) is 3.22. The van der Waals surface area contributed by atoms with Crippen LogP contribution in [0.4, 0.5) is 0 Å². The molecule has 1 heterocycles. The van der Waals surface area contributed by atoms with Crippen molar-refractivity contribution < 1.29 is 4.79 Å². The third-order valence-corrected chi connectivity index (χ3v) is 4.66. The summed E-state index contributed by atoms with van der Waals surface area (Å²) in [6.45, 7) is 6.44. The Morgan fingerprint density at radius 2 is 2.10 bits per heavy atom. The van der Waals surface area contributed by atoms with Gasteiger partial charge < -0.3 is 9.80 Å². The Bertz CT molecular complexity index is 539. The molecule has 0 spiro atoms. The highest BCUT2D eigenvalue weighted by Crippen LogP contribution is 2.28. The normalized spacial score (nSPS) is 22.4. The Balaban J connectivity index is 1.72. The van der Waals surface area contributed by atoms with Gasteiger partial charge in [0.05, 0.1) is 6.54 Å². The molecule has 0 aromatic heterocycles. The zero-order valence-corrected chi connectivity index (χ0v) is 13.2. The quantitative estimate of drug-likeness (QED) is 0.897. The molecule has 3 rings (SSSR count). The van der Waals surface area contributed by atoms with E-state index in [0.29, 0.717) is 6.54 Å². The number of carbonyl (C=O) groups is 1. The molecule has 114 valence electrons. The van der Waals surface area contributed by atoms with Crippen LogP contribution in [0, 0.1) is 13.8 Å². The van der Waals surface area contributed by atoms with Crippen molar-refractivity contribution >= 4 is 5.91 Å². The van der Waals surface area contributed by atoms with E-state index in [1.807, 2.05) is 4.90 Å². The van der Waals surface area contributed by atoms with Crippen molar-refractivity contribution in [1.29, 1.82) is 0 Å². The lowest BCUT2D eigenvalue weighted by Crippen LogP contribution is -2.37. The first-order valence-corrected chi connectivity index (χ1v) is 7.86. The highest BCUT2D eigenvalue weighted by molar-refractivity contribution is 5.81. The van der Waals surface area contributed by atoms with E-state index in [1.165, 1.54) is 29.5 Å². The molecule has 4 heteroatoms. The van der Waals surface area contributed by atoms with Crippen molar-refractivity contribution in [2.24, 2.45) is 0 Å². The minimum absolute atomic E-state index is 0.0331. The van der Waals surface area contributed by atoms with Gasteiger partial charge in [0.2, 0.25) is 5.91 Å². The monoisotopic (exact) mass is 287 g/mol. The predicted molar refractivity (Wildman–Crippen MR) is 84.0 cm³/mol. The van der Waals surface area contributed by atoms with E-state index in [4.69, 9.17) is 0 Å². The molecule has 0 radical (unpaired) electrons. The minimum atomic E-state index is 0.0331. The third-order valence-electron chi connectivity index (χ3n) is 4.66. The van der Waals surface area contributed by atoms with Gasteiger partial charge in [0.15, 0.2) is 0 Å². The van der Waals surface area contributed by atoms with E-state index in [0.717, 1.165) is 19.1 Å². The van der Waals surface area contributed by atoms with Gasteiger partial charge in [-0.1, -0.05) is 23.8 Å². The number of likely N-dealkylation sites (N-methyl/N-ethyl adjacent to an activating group) is 1. The maximum Gasteiger partial charge on any atom is 0.238 e. The molecule has 1 aromatic rings. The van der Waals surface area contributed by atoms with Crippen molar-refractivity contribution in [2.75, 3.05) is 26.7 Å². The molecule has 2 fully saturated rings. The van der Waals surface area contributed by atoms with Crippen molar-refractivity contribution in [1.82, 2.24) is 15.1 Å². The molecule has 0 bridgehead atoms. The third kappa shape index (κ3) is 3.11. The minimum Gasteiger partial charge on any atom is -0.321 e. The first-order valence-electron chi connectivity index (χ1n) is 7.86. The fourth-order valence-corrected chi connectivity index (χ4v) is 3.17. The average molecular weight is 287 g/mol. The second kappa shape index (κ2) is 5.78. The van der Waals surface area contributed by atoms with Crippen molar-refractivity contribution in [3.63, 3.8) is 0 Å². The summed E-state index contributed by atoms with van der Waals surface area (Å²) in [6, 6.07) is 7.21. The number of carbonyl (C=O) groups excluding carboxylic acids is 1. The fraction of sp³-hybridized carbons (Fsp3) is 0.588. The lowest BCUT2D eigenvalue weighted by molar-refractivity contribution is -0.128. The van der Waals surface area contributed by atoms with Crippen LogP contribution in [0.3, 0.4) is 0 Å². The first-order chi connectivity index (χ1) is 10.1. The van der Waals surface area contributed by atoms with Crippen LogP contribution in [0.15, 0.2) is 18.2 Å². The number of rotatable bonds is 5. The largest absolute Gasteiger partial charge is 0.321 e. The number of amides is 1. The predicted octanol–water partition coefficient (Wildman–Crippen LogP) is 1.83. The molecule has 1 unspecified atom stereocenters. The Hall–Kier alpha value is -1.39. The van der Waals surface area contributed by atoms with E-state index >= 15 is 0 Å². The fourth-order valence-electron chi connectivity index (χ4n) is 3.17. The van der Waals surface area contributed by atoms with E-state index < -0.39 is 0 Å². The van der Waals surface area contributed by atoms with Crippen LogP contribution in [0.25, 0.3) is 0 Å². The lowest BCUT2D eigenvalue weighted by Gasteiger charge is -2.28. The molecule has 1 atom stereocenters. The van der Waals surface area contributed by atoms with Gasteiger partial charge in [0.25, 0.3) is 0 Å². The zero-order valence-electron chi connectivity index (χ0n) is 13.2.